The molecule has 2 aromatic carbocycles. The first-order valence-corrected chi connectivity index (χ1v) is 7.21. The number of ether oxygens (including phenoxy) is 1. The van der Waals surface area contributed by atoms with E-state index in [9.17, 15) is 9.59 Å². The van der Waals surface area contributed by atoms with E-state index in [1.165, 1.54) is 13.1 Å². The summed E-state index contributed by atoms with van der Waals surface area (Å²) in [5.41, 5.74) is 3.55. The van der Waals surface area contributed by atoms with E-state index in [2.05, 4.69) is 26.5 Å². The molecule has 2 aromatic rings. The SMILES string of the molecule is CC(=O)N/N=C/c1ccc(OC(=O)c2cccc(Br)c2)cc1. The van der Waals surface area contributed by atoms with Crippen molar-refractivity contribution in [3.8, 4) is 5.75 Å². The lowest BCUT2D eigenvalue weighted by Gasteiger charge is -2.05. The highest BCUT2D eigenvalue weighted by molar-refractivity contribution is 9.10. The molecule has 0 radical (unpaired) electrons. The number of hydrogen-bond donors (Lipinski definition) is 1. The van der Waals surface area contributed by atoms with Crippen molar-refractivity contribution in [3.63, 3.8) is 0 Å². The Morgan fingerprint density at radius 1 is 1.18 bits per heavy atom. The summed E-state index contributed by atoms with van der Waals surface area (Å²) >= 11 is 3.31. The molecule has 0 aromatic heterocycles. The summed E-state index contributed by atoms with van der Waals surface area (Å²) in [6, 6.07) is 13.8. The maximum atomic E-state index is 12.0. The first-order chi connectivity index (χ1) is 10.5. The van der Waals surface area contributed by atoms with Gasteiger partial charge in [-0.05, 0) is 48.0 Å². The molecule has 5 nitrogen and oxygen atoms in total. The molecular weight excluding hydrogens is 348 g/mol. The van der Waals surface area contributed by atoms with E-state index in [1.54, 1.807) is 42.5 Å². The first kappa shape index (κ1) is 15.9. The monoisotopic (exact) mass is 360 g/mol. The Kier molecular flexibility index (Phi) is 5.43. The summed E-state index contributed by atoms with van der Waals surface area (Å²) in [7, 11) is 0. The van der Waals surface area contributed by atoms with Crippen LogP contribution in [0.4, 0.5) is 0 Å². The molecule has 0 saturated carbocycles. The molecule has 0 bridgehead atoms. The fourth-order valence-electron chi connectivity index (χ4n) is 1.60. The minimum absolute atomic E-state index is 0.240. The number of carbonyl (C=O) groups is 2. The Morgan fingerprint density at radius 2 is 1.91 bits per heavy atom. The average molecular weight is 361 g/mol. The Labute approximate surface area is 136 Å². The lowest BCUT2D eigenvalue weighted by Crippen LogP contribution is -2.12. The van der Waals surface area contributed by atoms with E-state index in [0.29, 0.717) is 11.3 Å². The van der Waals surface area contributed by atoms with Gasteiger partial charge in [0.15, 0.2) is 0 Å². The number of esters is 1. The minimum atomic E-state index is -0.430. The van der Waals surface area contributed by atoms with Gasteiger partial charge in [0.25, 0.3) is 0 Å². The van der Waals surface area contributed by atoms with Crippen LogP contribution in [0.2, 0.25) is 0 Å². The average Bonchev–Trinajstić information content (AvgIpc) is 2.48. The Balaban J connectivity index is 2.00. The van der Waals surface area contributed by atoms with Crippen molar-refractivity contribution in [1.29, 1.82) is 0 Å². The molecule has 0 spiro atoms. The fourth-order valence-corrected chi connectivity index (χ4v) is 2.00. The number of nitrogens with zero attached hydrogens (tertiary/aromatic N) is 1. The van der Waals surface area contributed by atoms with E-state index < -0.39 is 5.97 Å². The van der Waals surface area contributed by atoms with Gasteiger partial charge in [-0.2, -0.15) is 5.10 Å². The van der Waals surface area contributed by atoms with E-state index >= 15 is 0 Å². The summed E-state index contributed by atoms with van der Waals surface area (Å²) in [4.78, 5) is 22.7. The van der Waals surface area contributed by atoms with Crippen molar-refractivity contribution in [2.45, 2.75) is 6.92 Å². The Morgan fingerprint density at radius 3 is 2.55 bits per heavy atom. The number of hydrazone groups is 1. The Bertz CT molecular complexity index is 712. The molecule has 0 saturated heterocycles. The van der Waals surface area contributed by atoms with Crippen LogP contribution in [0, 0.1) is 0 Å². The summed E-state index contributed by atoms with van der Waals surface area (Å²) in [6.07, 6.45) is 1.50. The number of carbonyl (C=O) groups excluding carboxylic acids is 2. The molecule has 22 heavy (non-hydrogen) atoms. The minimum Gasteiger partial charge on any atom is -0.423 e. The van der Waals surface area contributed by atoms with Crippen molar-refractivity contribution >= 4 is 34.0 Å². The lowest BCUT2D eigenvalue weighted by molar-refractivity contribution is -0.118. The number of halogens is 1. The van der Waals surface area contributed by atoms with Gasteiger partial charge < -0.3 is 4.74 Å². The molecule has 0 unspecified atom stereocenters. The number of amides is 1. The number of rotatable bonds is 4. The molecule has 0 fully saturated rings. The smallest absolute Gasteiger partial charge is 0.343 e. The number of benzene rings is 2. The second-order valence-corrected chi connectivity index (χ2v) is 5.31. The van der Waals surface area contributed by atoms with Gasteiger partial charge in [-0.3, -0.25) is 4.79 Å². The second-order valence-electron chi connectivity index (χ2n) is 4.40. The highest BCUT2D eigenvalue weighted by atomic mass is 79.9. The summed E-state index contributed by atoms with van der Waals surface area (Å²) in [5.74, 6) is -0.238. The van der Waals surface area contributed by atoms with Crippen LogP contribution >= 0.6 is 15.9 Å². The molecule has 0 heterocycles. The molecule has 6 heteroatoms. The lowest BCUT2D eigenvalue weighted by atomic mass is 10.2. The van der Waals surface area contributed by atoms with Gasteiger partial charge >= 0.3 is 5.97 Å². The van der Waals surface area contributed by atoms with Gasteiger partial charge in [0.05, 0.1) is 11.8 Å². The van der Waals surface area contributed by atoms with Gasteiger partial charge in [0.1, 0.15) is 5.75 Å². The molecular formula is C16H13BrN2O3. The quantitative estimate of drug-likeness (QED) is 0.394. The maximum absolute atomic E-state index is 12.0. The third-order valence-electron chi connectivity index (χ3n) is 2.59. The van der Waals surface area contributed by atoms with Crippen molar-refractivity contribution in [3.05, 3.63) is 64.1 Å². The molecule has 2 rings (SSSR count). The number of nitrogens with one attached hydrogen (secondary N) is 1. The van der Waals surface area contributed by atoms with Crippen LogP contribution in [0.3, 0.4) is 0 Å². The van der Waals surface area contributed by atoms with E-state index in [4.69, 9.17) is 4.74 Å². The third kappa shape index (κ3) is 4.82. The van der Waals surface area contributed by atoms with Crippen LogP contribution in [0.15, 0.2) is 58.1 Å². The van der Waals surface area contributed by atoms with Crippen LogP contribution in [-0.4, -0.2) is 18.1 Å². The topological polar surface area (TPSA) is 67.8 Å². The maximum Gasteiger partial charge on any atom is 0.343 e. The largest absolute Gasteiger partial charge is 0.423 e. The molecule has 1 amide bonds. The van der Waals surface area contributed by atoms with Crippen molar-refractivity contribution < 1.29 is 14.3 Å². The molecule has 0 aliphatic heterocycles. The number of hydrogen-bond acceptors (Lipinski definition) is 4. The van der Waals surface area contributed by atoms with Crippen molar-refractivity contribution in [2.24, 2.45) is 5.10 Å². The van der Waals surface area contributed by atoms with Gasteiger partial charge in [0.2, 0.25) is 5.91 Å². The highest BCUT2D eigenvalue weighted by Gasteiger charge is 2.08. The second kappa shape index (κ2) is 7.51. The van der Waals surface area contributed by atoms with E-state index in [-0.39, 0.29) is 5.91 Å². The summed E-state index contributed by atoms with van der Waals surface area (Å²) < 4.78 is 6.09. The predicted octanol–water partition coefficient (Wildman–Crippen LogP) is 3.14. The van der Waals surface area contributed by atoms with E-state index in [1.807, 2.05) is 6.07 Å². The van der Waals surface area contributed by atoms with Crippen LogP contribution in [0.25, 0.3) is 0 Å². The fraction of sp³-hybridized carbons (Fsp3) is 0.0625. The van der Waals surface area contributed by atoms with Crippen LogP contribution in [-0.2, 0) is 4.79 Å². The van der Waals surface area contributed by atoms with Gasteiger partial charge in [-0.25, -0.2) is 10.2 Å². The molecule has 0 atom stereocenters. The van der Waals surface area contributed by atoms with Gasteiger partial charge in [-0.15, -0.1) is 0 Å². The van der Waals surface area contributed by atoms with E-state index in [0.717, 1.165) is 10.0 Å². The summed E-state index contributed by atoms with van der Waals surface area (Å²) in [5, 5.41) is 3.75. The zero-order chi connectivity index (χ0) is 15.9. The van der Waals surface area contributed by atoms with Crippen LogP contribution in [0.5, 0.6) is 5.75 Å². The molecule has 0 aliphatic rings. The predicted molar refractivity (Wildman–Crippen MR) is 87.0 cm³/mol. The first-order valence-electron chi connectivity index (χ1n) is 6.42. The normalized spacial score (nSPS) is 10.5. The molecule has 112 valence electrons. The zero-order valence-corrected chi connectivity index (χ0v) is 13.3. The Hall–Kier alpha value is -2.47. The van der Waals surface area contributed by atoms with Crippen LogP contribution in [0.1, 0.15) is 22.8 Å². The van der Waals surface area contributed by atoms with Gasteiger partial charge in [0, 0.05) is 11.4 Å². The summed E-state index contributed by atoms with van der Waals surface area (Å²) in [6.45, 7) is 1.38. The van der Waals surface area contributed by atoms with Crippen LogP contribution < -0.4 is 10.2 Å². The highest BCUT2D eigenvalue weighted by Crippen LogP contribution is 2.16. The zero-order valence-electron chi connectivity index (χ0n) is 11.7. The van der Waals surface area contributed by atoms with Crippen molar-refractivity contribution in [1.82, 2.24) is 5.43 Å². The molecule has 0 aliphatic carbocycles. The van der Waals surface area contributed by atoms with Crippen molar-refractivity contribution in [2.75, 3.05) is 0 Å². The standard InChI is InChI=1S/C16H13BrN2O3/c1-11(20)19-18-10-12-5-7-15(8-6-12)22-16(21)13-3-2-4-14(17)9-13/h2-10H,1H3,(H,19,20)/b18-10+. The van der Waals surface area contributed by atoms with Gasteiger partial charge in [-0.1, -0.05) is 22.0 Å². The molecule has 1 N–H and O–H groups in total. The third-order valence-corrected chi connectivity index (χ3v) is 3.08.